The van der Waals surface area contributed by atoms with Crippen LogP contribution in [0.4, 0.5) is 0 Å². The Labute approximate surface area is 527 Å². The highest BCUT2D eigenvalue weighted by Gasteiger charge is 2.29. The van der Waals surface area contributed by atoms with Gasteiger partial charge in [0, 0.05) is 38.5 Å². The molecule has 24 heteroatoms. The van der Waals surface area contributed by atoms with Crippen LogP contribution in [0.5, 0.6) is 23.0 Å². The SMILES string of the molecule is C.COc1ccc(CC(=O)[C@H](CCCCN)NC(=O)c2cc(CC(=O)[C@H](CCCCN)NC(=O)c3cc(CC(=O)[C@H](CCCCN)NC(=O)c4cc(CC(=O)[C@H](CCCCN)NC(=O)CCCC(=O)O)ccc4OC)ccc3OC)ccc2OC)cc1C(N)=O. The van der Waals surface area contributed by atoms with Gasteiger partial charge in [0.25, 0.3) is 23.6 Å². The number of rotatable bonds is 44. The molecular formula is C66H93N9O15. The summed E-state index contributed by atoms with van der Waals surface area (Å²) >= 11 is 0. The van der Waals surface area contributed by atoms with Gasteiger partial charge in [-0.25, -0.2) is 0 Å². The second kappa shape index (κ2) is 40.1. The van der Waals surface area contributed by atoms with Crippen molar-refractivity contribution in [3.05, 3.63) is 117 Å². The van der Waals surface area contributed by atoms with Gasteiger partial charge in [-0.15, -0.1) is 0 Å². The van der Waals surface area contributed by atoms with Crippen LogP contribution in [-0.2, 0) is 54.5 Å². The van der Waals surface area contributed by atoms with E-state index in [0.717, 1.165) is 0 Å². The molecule has 4 aromatic rings. The Bertz CT molecular complexity index is 3080. The second-order valence-electron chi connectivity index (χ2n) is 21.7. The van der Waals surface area contributed by atoms with Crippen LogP contribution in [0.15, 0.2) is 72.8 Å². The van der Waals surface area contributed by atoms with Gasteiger partial charge in [-0.05, 0) is 180 Å². The molecule has 0 aliphatic rings. The molecule has 4 atom stereocenters. The first-order valence-corrected chi connectivity index (χ1v) is 30.1. The average Bonchev–Trinajstić information content (AvgIpc) is 2.39. The number of hydrogen-bond donors (Lipinski definition) is 10. The van der Waals surface area contributed by atoms with Crippen molar-refractivity contribution in [1.29, 1.82) is 0 Å². The zero-order valence-electron chi connectivity index (χ0n) is 51.6. The molecule has 0 aromatic heterocycles. The number of nitrogens with one attached hydrogen (secondary N) is 4. The Hall–Kier alpha value is -8.58. The van der Waals surface area contributed by atoms with Crippen molar-refractivity contribution in [3.63, 3.8) is 0 Å². The molecule has 0 bridgehead atoms. The first kappa shape index (κ1) is 75.7. The fourth-order valence-corrected chi connectivity index (χ4v) is 10.1. The molecule has 4 aromatic carbocycles. The zero-order chi connectivity index (χ0) is 65.4. The molecule has 4 rings (SSSR count). The van der Waals surface area contributed by atoms with Crippen molar-refractivity contribution in [3.8, 4) is 23.0 Å². The number of nitrogens with two attached hydrogens (primary N) is 5. The van der Waals surface area contributed by atoms with Gasteiger partial charge in [0.15, 0.2) is 23.1 Å². The van der Waals surface area contributed by atoms with Crippen LogP contribution in [0.25, 0.3) is 0 Å². The number of amides is 5. The summed E-state index contributed by atoms with van der Waals surface area (Å²) in [5.41, 5.74) is 30.6. The largest absolute Gasteiger partial charge is 0.496 e. The molecule has 0 saturated heterocycles. The number of unbranched alkanes of at least 4 members (excludes halogenated alkanes) is 4. The Morgan fingerprint density at radius 2 is 0.656 bits per heavy atom. The van der Waals surface area contributed by atoms with E-state index in [1.807, 2.05) is 0 Å². The summed E-state index contributed by atoms with van der Waals surface area (Å²) in [7, 11) is 5.51. The summed E-state index contributed by atoms with van der Waals surface area (Å²) in [6, 6.07) is 14.6. The molecular weight excluding hydrogens is 1160 g/mol. The highest BCUT2D eigenvalue weighted by atomic mass is 16.5. The lowest BCUT2D eigenvalue weighted by molar-refractivity contribution is -0.137. The molecule has 0 aliphatic heterocycles. The van der Waals surface area contributed by atoms with Crippen LogP contribution in [0.2, 0.25) is 0 Å². The maximum Gasteiger partial charge on any atom is 0.303 e. The molecule has 0 heterocycles. The molecule has 492 valence electrons. The number of carboxylic acid groups (broad SMARTS) is 1. The third kappa shape index (κ3) is 24.4. The zero-order valence-corrected chi connectivity index (χ0v) is 51.6. The number of benzene rings is 4. The fourth-order valence-electron chi connectivity index (χ4n) is 10.1. The lowest BCUT2D eigenvalue weighted by atomic mass is 9.95. The van der Waals surface area contributed by atoms with Gasteiger partial charge in [0.05, 0.1) is 74.9 Å². The first-order chi connectivity index (χ1) is 42.7. The van der Waals surface area contributed by atoms with E-state index in [2.05, 4.69) is 21.3 Å². The number of hydrogen-bond acceptors (Lipinski definition) is 18. The molecule has 15 N–H and O–H groups in total. The number of aliphatic carboxylic acids is 1. The Morgan fingerprint density at radius 1 is 0.389 bits per heavy atom. The molecule has 24 nitrogen and oxygen atoms in total. The number of methoxy groups -OCH3 is 4. The van der Waals surface area contributed by atoms with Crippen molar-refractivity contribution in [2.75, 3.05) is 54.6 Å². The molecule has 0 saturated carbocycles. The fraction of sp³-hybridized carbons (Fsp3) is 0.485. The van der Waals surface area contributed by atoms with E-state index in [4.69, 9.17) is 52.7 Å². The summed E-state index contributed by atoms with van der Waals surface area (Å²) in [5.74, 6) is -4.97. The number of ketones is 4. The minimum Gasteiger partial charge on any atom is -0.496 e. The summed E-state index contributed by atoms with van der Waals surface area (Å²) in [6.45, 7) is 1.41. The normalized spacial score (nSPS) is 12.2. The molecule has 5 amide bonds. The van der Waals surface area contributed by atoms with Gasteiger partial charge < -0.3 is 74.0 Å². The molecule has 0 spiro atoms. The van der Waals surface area contributed by atoms with Crippen molar-refractivity contribution in [2.45, 2.75) is 154 Å². The molecule has 0 aliphatic carbocycles. The van der Waals surface area contributed by atoms with E-state index in [-0.39, 0.29) is 128 Å². The van der Waals surface area contributed by atoms with Gasteiger partial charge in [-0.2, -0.15) is 0 Å². The van der Waals surface area contributed by atoms with Crippen LogP contribution >= 0.6 is 0 Å². The van der Waals surface area contributed by atoms with Crippen LogP contribution in [0, 0.1) is 0 Å². The topological polar surface area (TPSA) is 406 Å². The number of carboxylic acids is 1. The molecule has 0 radical (unpaired) electrons. The Balaban J connectivity index is 0.0000212. The average molecular weight is 1250 g/mol. The van der Waals surface area contributed by atoms with Gasteiger partial charge in [0.1, 0.15) is 23.0 Å². The Kier molecular flexibility index (Phi) is 33.7. The number of Topliss-reactive ketones (excluding diaryl/α,β-unsaturated/α-hetero) is 4. The van der Waals surface area contributed by atoms with Crippen LogP contribution in [0.3, 0.4) is 0 Å². The van der Waals surface area contributed by atoms with E-state index < -0.39 is 71.2 Å². The quantitative estimate of drug-likeness (QED) is 0.0271. The van der Waals surface area contributed by atoms with E-state index in [9.17, 15) is 47.9 Å². The predicted octanol–water partition coefficient (Wildman–Crippen LogP) is 4.55. The highest BCUT2D eigenvalue weighted by Crippen LogP contribution is 2.27. The maximum atomic E-state index is 14.4. The number of primary amides is 1. The number of carbonyl (C=O) groups excluding carboxylic acids is 9. The number of ether oxygens (including phenoxy) is 4. The van der Waals surface area contributed by atoms with Crippen LogP contribution in [-0.4, -0.2) is 143 Å². The maximum absolute atomic E-state index is 14.4. The van der Waals surface area contributed by atoms with Gasteiger partial charge in [0.2, 0.25) is 5.91 Å². The minimum absolute atomic E-state index is 0. The van der Waals surface area contributed by atoms with Crippen molar-refractivity contribution in [1.82, 2.24) is 21.3 Å². The third-order valence-corrected chi connectivity index (χ3v) is 15.0. The summed E-state index contributed by atoms with van der Waals surface area (Å²) in [5, 5.41) is 20.3. The smallest absolute Gasteiger partial charge is 0.303 e. The van der Waals surface area contributed by atoms with E-state index in [0.29, 0.717) is 106 Å². The lowest BCUT2D eigenvalue weighted by Crippen LogP contribution is -2.42. The molecule has 90 heavy (non-hydrogen) atoms. The second-order valence-corrected chi connectivity index (χ2v) is 21.7. The van der Waals surface area contributed by atoms with Crippen molar-refractivity contribution < 1.29 is 72.0 Å². The standard InChI is InChI=1S/C65H89N9O15.CH4/c1-86-56-24-20-40(32-44(56)62(70)82)36-53(76)49(15-6-10-29-67)72-64(84)46-34-42(22-26-58(46)88-3)38-55(78)51(17-8-12-31-69)74-65(85)47-35-43(23-27-59(47)89-4)39-54(77)50(16-7-11-30-68)73-63(83)45-33-41(21-25-57(45)87-2)37-52(75)48(14-5-9-28-66)71-60(79)18-13-19-61(80)81;/h20-27,32-35,48-51H,5-19,28-31,36-39,66-69H2,1-4H3,(H2,70,82)(H,71,79)(H,72,84)(H,73,83)(H,74,85)(H,80,81);1H4/t48-,49-,50-,51-;/m0./s1. The Morgan fingerprint density at radius 3 is 0.911 bits per heavy atom. The van der Waals surface area contributed by atoms with Gasteiger partial charge in [-0.3, -0.25) is 47.9 Å². The molecule has 0 unspecified atom stereocenters. The monoisotopic (exact) mass is 1250 g/mol. The lowest BCUT2D eigenvalue weighted by Gasteiger charge is -2.21. The predicted molar refractivity (Wildman–Crippen MR) is 341 cm³/mol. The van der Waals surface area contributed by atoms with E-state index >= 15 is 0 Å². The van der Waals surface area contributed by atoms with E-state index in [1.54, 1.807) is 24.3 Å². The van der Waals surface area contributed by atoms with Crippen LogP contribution in [0.1, 0.15) is 167 Å². The van der Waals surface area contributed by atoms with Crippen LogP contribution < -0.4 is 68.9 Å². The van der Waals surface area contributed by atoms with Crippen molar-refractivity contribution >= 4 is 58.6 Å². The molecule has 0 fully saturated rings. The van der Waals surface area contributed by atoms with Crippen molar-refractivity contribution in [2.24, 2.45) is 28.7 Å². The first-order valence-electron chi connectivity index (χ1n) is 30.1. The van der Waals surface area contributed by atoms with Gasteiger partial charge >= 0.3 is 5.97 Å². The van der Waals surface area contributed by atoms with E-state index in [1.165, 1.54) is 77.0 Å². The summed E-state index contributed by atoms with van der Waals surface area (Å²) in [6.07, 6.45) is 4.28. The third-order valence-electron chi connectivity index (χ3n) is 15.0. The highest BCUT2D eigenvalue weighted by molar-refractivity contribution is 6.04. The summed E-state index contributed by atoms with van der Waals surface area (Å²) < 4.78 is 21.9. The number of carbonyl (C=O) groups is 10. The summed E-state index contributed by atoms with van der Waals surface area (Å²) in [4.78, 5) is 135. The van der Waals surface area contributed by atoms with Gasteiger partial charge in [-0.1, -0.05) is 31.7 Å². The minimum atomic E-state index is -1.05.